The first-order chi connectivity index (χ1) is 4.97. The number of hydrogen-bond donors (Lipinski definition) is 0. The Morgan fingerprint density at radius 2 is 1.82 bits per heavy atom. The van der Waals surface area contributed by atoms with Crippen molar-refractivity contribution in [1.82, 2.24) is 9.97 Å². The van der Waals surface area contributed by atoms with Gasteiger partial charge in [-0.2, -0.15) is 0 Å². The van der Waals surface area contributed by atoms with Gasteiger partial charge in [-0.15, -0.1) is 12.3 Å². The molecule has 1 aromatic heterocycles. The summed E-state index contributed by atoms with van der Waals surface area (Å²) in [5.41, 5.74) is 1.81. The van der Waals surface area contributed by atoms with Crippen LogP contribution in [0.4, 0.5) is 0 Å². The van der Waals surface area contributed by atoms with Crippen LogP contribution in [-0.4, -0.2) is 9.97 Å². The Morgan fingerprint density at radius 1 is 1.09 bits per heavy atom. The maximum atomic E-state index is 4.06. The Hall–Kier alpha value is -0.843. The van der Waals surface area contributed by atoms with Crippen LogP contribution in [0.1, 0.15) is 0 Å². The minimum Gasteiger partial charge on any atom is -0.448 e. The molecule has 11 heavy (non-hydrogen) atoms. The van der Waals surface area contributed by atoms with Gasteiger partial charge in [-0.3, -0.25) is 4.98 Å². The second-order valence-electron chi connectivity index (χ2n) is 1.99. The maximum Gasteiger partial charge on any atom is 1.00 e. The molecule has 0 aliphatic carbocycles. The molecule has 0 bridgehead atoms. The number of fused-ring (bicyclic) bond motifs is 1. The molecule has 0 radical (unpaired) electrons. The summed E-state index contributed by atoms with van der Waals surface area (Å²) in [4.78, 5) is 8.06. The molecule has 1 aromatic carbocycles. The fourth-order valence-electron chi connectivity index (χ4n) is 0.865. The molecule has 0 fully saturated rings. The molecule has 2 rings (SSSR count). The summed E-state index contributed by atoms with van der Waals surface area (Å²) < 4.78 is 0. The summed E-state index contributed by atoms with van der Waals surface area (Å²) in [5, 5.41) is 0. The van der Waals surface area contributed by atoms with E-state index in [-0.39, 0.29) is 18.9 Å². The van der Waals surface area contributed by atoms with Crippen molar-refractivity contribution in [3.05, 3.63) is 36.7 Å². The minimum atomic E-state index is 0. The Bertz CT molecular complexity index is 283. The van der Waals surface area contributed by atoms with Crippen LogP contribution in [-0.2, 0) is 0 Å². The maximum absolute atomic E-state index is 4.06. The molecule has 1 heterocycles. The monoisotopic (exact) mass is 136 g/mol. The predicted octanol–water partition coefficient (Wildman–Crippen LogP) is -1.57. The van der Waals surface area contributed by atoms with Gasteiger partial charge in [-0.05, 0) is 6.20 Å². The molecule has 0 saturated carbocycles. The largest absolute Gasteiger partial charge is 1.00 e. The zero-order chi connectivity index (χ0) is 6.81. The fraction of sp³-hybridized carbons (Fsp3) is 0. The van der Waals surface area contributed by atoms with Crippen LogP contribution in [0, 0.1) is 6.20 Å². The van der Waals surface area contributed by atoms with E-state index < -0.39 is 0 Å². The number of hydrogen-bond acceptors (Lipinski definition) is 2. The van der Waals surface area contributed by atoms with Crippen molar-refractivity contribution >= 4 is 11.0 Å². The third-order valence-electron chi connectivity index (χ3n) is 1.33. The van der Waals surface area contributed by atoms with Crippen LogP contribution in [0.15, 0.2) is 30.5 Å². The van der Waals surface area contributed by atoms with Gasteiger partial charge in [-0.25, -0.2) is 0 Å². The smallest absolute Gasteiger partial charge is 0.448 e. The molecule has 0 saturated heterocycles. The molecule has 48 valence electrons. The van der Waals surface area contributed by atoms with Gasteiger partial charge in [0.15, 0.2) is 0 Å². The summed E-state index contributed by atoms with van der Waals surface area (Å²) in [6.07, 6.45) is 4.25. The van der Waals surface area contributed by atoms with Crippen molar-refractivity contribution < 1.29 is 18.9 Å². The third-order valence-corrected chi connectivity index (χ3v) is 1.33. The molecule has 2 nitrogen and oxygen atoms in total. The topological polar surface area (TPSA) is 25.8 Å². The summed E-state index contributed by atoms with van der Waals surface area (Å²) in [5.74, 6) is 0. The molecule has 0 unspecified atom stereocenters. The fourth-order valence-corrected chi connectivity index (χ4v) is 0.865. The van der Waals surface area contributed by atoms with Crippen LogP contribution in [0.5, 0.6) is 0 Å². The molecular formula is C8H5LiN2. The SMILES string of the molecule is [Li+].[c-]1cnc2ccccc2n1. The molecular weight excluding hydrogens is 131 g/mol. The molecule has 0 aliphatic rings. The van der Waals surface area contributed by atoms with Crippen molar-refractivity contribution in [3.8, 4) is 0 Å². The molecule has 0 aliphatic heterocycles. The van der Waals surface area contributed by atoms with E-state index in [0.717, 1.165) is 11.0 Å². The number of benzene rings is 1. The first kappa shape index (κ1) is 8.26. The van der Waals surface area contributed by atoms with Crippen LogP contribution < -0.4 is 18.9 Å². The van der Waals surface area contributed by atoms with Gasteiger partial charge in [0.05, 0.1) is 0 Å². The predicted molar refractivity (Wildman–Crippen MR) is 38.4 cm³/mol. The van der Waals surface area contributed by atoms with Gasteiger partial charge in [0.2, 0.25) is 0 Å². The Kier molecular flexibility index (Phi) is 2.64. The van der Waals surface area contributed by atoms with Crippen LogP contribution >= 0.6 is 0 Å². The first-order valence-electron chi connectivity index (χ1n) is 3.05. The van der Waals surface area contributed by atoms with E-state index >= 15 is 0 Å². The van der Waals surface area contributed by atoms with E-state index in [1.165, 1.54) is 0 Å². The van der Waals surface area contributed by atoms with Gasteiger partial charge >= 0.3 is 18.9 Å². The summed E-state index contributed by atoms with van der Waals surface area (Å²) in [7, 11) is 0. The second kappa shape index (κ2) is 3.52. The van der Waals surface area contributed by atoms with Gasteiger partial charge in [0.25, 0.3) is 0 Å². The van der Waals surface area contributed by atoms with Crippen LogP contribution in [0.2, 0.25) is 0 Å². The van der Waals surface area contributed by atoms with E-state index in [1.807, 2.05) is 24.3 Å². The van der Waals surface area contributed by atoms with Crippen molar-refractivity contribution in [2.24, 2.45) is 0 Å². The average Bonchev–Trinajstić information content (AvgIpc) is 2.05. The number of para-hydroxylation sites is 2. The molecule has 0 N–H and O–H groups in total. The minimum absolute atomic E-state index is 0. The van der Waals surface area contributed by atoms with Crippen LogP contribution in [0.25, 0.3) is 11.0 Å². The van der Waals surface area contributed by atoms with E-state index in [1.54, 1.807) is 6.20 Å². The standard InChI is InChI=1S/C8H5N2.Li/c1-2-4-8-7(3-1)9-5-6-10-8;/h1-5H;/q-1;+1. The summed E-state index contributed by atoms with van der Waals surface area (Å²) >= 11 is 0. The van der Waals surface area contributed by atoms with Crippen LogP contribution in [0.3, 0.4) is 0 Å². The van der Waals surface area contributed by atoms with E-state index in [0.29, 0.717) is 0 Å². The van der Waals surface area contributed by atoms with Gasteiger partial charge in [0.1, 0.15) is 0 Å². The first-order valence-corrected chi connectivity index (χ1v) is 3.05. The average molecular weight is 136 g/mol. The molecule has 2 aromatic rings. The van der Waals surface area contributed by atoms with Gasteiger partial charge in [-0.1, -0.05) is 23.7 Å². The van der Waals surface area contributed by atoms with Gasteiger partial charge < -0.3 is 4.98 Å². The quantitative estimate of drug-likeness (QED) is 0.323. The number of rotatable bonds is 0. The molecule has 0 spiro atoms. The Morgan fingerprint density at radius 3 is 2.55 bits per heavy atom. The molecule has 3 heteroatoms. The van der Waals surface area contributed by atoms with Crippen molar-refractivity contribution in [1.29, 1.82) is 0 Å². The van der Waals surface area contributed by atoms with E-state index in [4.69, 9.17) is 0 Å². The summed E-state index contributed by atoms with van der Waals surface area (Å²) in [6.45, 7) is 0. The van der Waals surface area contributed by atoms with Crippen molar-refractivity contribution in [3.63, 3.8) is 0 Å². The Balaban J connectivity index is 0.000000605. The van der Waals surface area contributed by atoms with Gasteiger partial charge in [0, 0.05) is 5.52 Å². The van der Waals surface area contributed by atoms with Crippen molar-refractivity contribution in [2.45, 2.75) is 0 Å². The van der Waals surface area contributed by atoms with E-state index in [2.05, 4.69) is 16.2 Å². The zero-order valence-corrected chi connectivity index (χ0v) is 6.28. The third kappa shape index (κ3) is 1.59. The number of nitrogens with zero attached hydrogens (tertiary/aromatic N) is 2. The normalized spacial score (nSPS) is 9.09. The molecule has 0 atom stereocenters. The van der Waals surface area contributed by atoms with E-state index in [9.17, 15) is 0 Å². The molecule has 0 amide bonds. The zero-order valence-electron chi connectivity index (χ0n) is 6.28. The second-order valence-corrected chi connectivity index (χ2v) is 1.99. The van der Waals surface area contributed by atoms with Crippen molar-refractivity contribution in [2.75, 3.05) is 0 Å². The number of aromatic nitrogens is 2. The Labute approximate surface area is 76.8 Å². The summed E-state index contributed by atoms with van der Waals surface area (Å²) in [6, 6.07) is 7.72.